The zero-order chi connectivity index (χ0) is 27.7. The summed E-state index contributed by atoms with van der Waals surface area (Å²) in [7, 11) is 4.00. The van der Waals surface area contributed by atoms with Crippen molar-refractivity contribution >= 4 is 40.2 Å². The lowest BCUT2D eigenvalue weighted by Gasteiger charge is -2.34. The van der Waals surface area contributed by atoms with Crippen LogP contribution in [0.5, 0.6) is 0 Å². The van der Waals surface area contributed by atoms with Crippen LogP contribution in [-0.2, 0) is 10.3 Å². The summed E-state index contributed by atoms with van der Waals surface area (Å²) in [6, 6.07) is 8.57. The molecule has 39 heavy (non-hydrogen) atoms. The van der Waals surface area contributed by atoms with Crippen LogP contribution in [0, 0.1) is 5.92 Å². The number of hydrogen-bond donors (Lipinski definition) is 1. The maximum Gasteiger partial charge on any atom is 0.245 e. The predicted octanol–water partition coefficient (Wildman–Crippen LogP) is 3.55. The monoisotopic (exact) mass is 531 g/mol. The molecular formula is C29H41N9O. The van der Waals surface area contributed by atoms with E-state index >= 15 is 0 Å². The van der Waals surface area contributed by atoms with E-state index in [1.807, 2.05) is 13.4 Å². The van der Waals surface area contributed by atoms with Crippen molar-refractivity contribution in [1.82, 2.24) is 29.3 Å². The number of aromatic nitrogens is 4. The van der Waals surface area contributed by atoms with Gasteiger partial charge in [-0.1, -0.05) is 6.58 Å². The van der Waals surface area contributed by atoms with Crippen molar-refractivity contribution in [1.29, 1.82) is 0 Å². The SMILES string of the molecule is C=CC(=O)N(C)C[C@@H]1CCN(c2nc(Nc3ccc(N4CCN(C)CC4)cc3)c3ncn(C(C)(C)C)c3n2)C1. The summed E-state index contributed by atoms with van der Waals surface area (Å²) < 4.78 is 2.11. The Labute approximate surface area is 231 Å². The quantitative estimate of drug-likeness (QED) is 0.464. The standard InChI is InChI=1S/C29H41N9O/c1-7-24(39)35(6)18-21-12-13-37(19-21)28-32-26(25-27(33-28)38(20-30-25)29(2,3)4)31-22-8-10-23(11-9-22)36-16-14-34(5)15-17-36/h7-11,20-21H,1,12-19H2,2-6H3,(H,31,32,33)/t21-/m0/s1. The number of rotatable bonds is 7. The zero-order valence-electron chi connectivity index (χ0n) is 23.9. The van der Waals surface area contributed by atoms with E-state index < -0.39 is 0 Å². The molecule has 2 fully saturated rings. The van der Waals surface area contributed by atoms with Gasteiger partial charge >= 0.3 is 0 Å². The van der Waals surface area contributed by atoms with Crippen LogP contribution >= 0.6 is 0 Å². The number of carbonyl (C=O) groups excluding carboxylic acids is 1. The van der Waals surface area contributed by atoms with Crippen LogP contribution in [-0.4, -0.2) is 95.1 Å². The van der Waals surface area contributed by atoms with Crippen LogP contribution in [0.3, 0.4) is 0 Å². The second-order valence-electron chi connectivity index (χ2n) is 11.8. The summed E-state index contributed by atoms with van der Waals surface area (Å²) in [5.74, 6) is 1.69. The van der Waals surface area contributed by atoms with Crippen LogP contribution in [0.2, 0.25) is 0 Å². The Morgan fingerprint density at radius 3 is 2.49 bits per heavy atom. The number of likely N-dealkylation sites (N-methyl/N-ethyl adjacent to an activating group) is 2. The molecule has 10 nitrogen and oxygen atoms in total. The van der Waals surface area contributed by atoms with Gasteiger partial charge in [-0.3, -0.25) is 4.79 Å². The molecule has 1 atom stereocenters. The van der Waals surface area contributed by atoms with Crippen LogP contribution < -0.4 is 15.1 Å². The molecule has 0 unspecified atom stereocenters. The predicted molar refractivity (Wildman–Crippen MR) is 158 cm³/mol. The van der Waals surface area contributed by atoms with E-state index in [0.29, 0.717) is 24.2 Å². The Balaban J connectivity index is 1.40. The summed E-state index contributed by atoms with van der Waals surface area (Å²) in [6.45, 7) is 16.6. The smallest absolute Gasteiger partial charge is 0.245 e. The van der Waals surface area contributed by atoms with Gasteiger partial charge in [0.25, 0.3) is 0 Å². The minimum atomic E-state index is -0.177. The van der Waals surface area contributed by atoms with Gasteiger partial charge in [0, 0.05) is 69.8 Å². The van der Waals surface area contributed by atoms with Gasteiger partial charge in [-0.2, -0.15) is 9.97 Å². The van der Waals surface area contributed by atoms with Crippen molar-refractivity contribution < 1.29 is 4.79 Å². The topological polar surface area (TPSA) is 85.7 Å². The molecule has 10 heteroatoms. The van der Waals surface area contributed by atoms with Crippen molar-refractivity contribution in [2.24, 2.45) is 5.92 Å². The number of imidazole rings is 1. The van der Waals surface area contributed by atoms with E-state index in [0.717, 1.165) is 62.5 Å². The minimum Gasteiger partial charge on any atom is -0.369 e. The van der Waals surface area contributed by atoms with E-state index in [1.54, 1.807) is 4.90 Å². The third kappa shape index (κ3) is 5.85. The Kier molecular flexibility index (Phi) is 7.48. The van der Waals surface area contributed by atoms with Crippen molar-refractivity contribution in [3.63, 3.8) is 0 Å². The van der Waals surface area contributed by atoms with E-state index in [4.69, 9.17) is 15.0 Å². The maximum absolute atomic E-state index is 12.0. The molecule has 0 bridgehead atoms. The average Bonchev–Trinajstić information content (AvgIpc) is 3.56. The van der Waals surface area contributed by atoms with Gasteiger partial charge in [-0.15, -0.1) is 0 Å². The first-order valence-corrected chi connectivity index (χ1v) is 13.8. The molecule has 4 heterocycles. The fourth-order valence-electron chi connectivity index (χ4n) is 5.36. The number of piperazine rings is 1. The van der Waals surface area contributed by atoms with Gasteiger partial charge in [-0.05, 0) is 70.5 Å². The third-order valence-corrected chi connectivity index (χ3v) is 7.76. The van der Waals surface area contributed by atoms with Gasteiger partial charge in [-0.25, -0.2) is 4.98 Å². The first-order valence-electron chi connectivity index (χ1n) is 13.8. The Hall–Kier alpha value is -3.66. The van der Waals surface area contributed by atoms with Gasteiger partial charge in [0.15, 0.2) is 17.0 Å². The van der Waals surface area contributed by atoms with Gasteiger partial charge < -0.3 is 29.5 Å². The second-order valence-corrected chi connectivity index (χ2v) is 11.8. The first-order chi connectivity index (χ1) is 18.6. The molecule has 0 aliphatic carbocycles. The van der Waals surface area contributed by atoms with Crippen molar-refractivity contribution in [2.75, 3.05) is 75.0 Å². The molecule has 5 rings (SSSR count). The molecule has 2 saturated heterocycles. The van der Waals surface area contributed by atoms with Crippen LogP contribution in [0.4, 0.5) is 23.1 Å². The minimum absolute atomic E-state index is 0.0506. The number of benzene rings is 1. The lowest BCUT2D eigenvalue weighted by molar-refractivity contribution is -0.125. The lowest BCUT2D eigenvalue weighted by atomic mass is 10.1. The highest BCUT2D eigenvalue weighted by molar-refractivity contribution is 5.87. The van der Waals surface area contributed by atoms with Crippen LogP contribution in [0.15, 0.2) is 43.2 Å². The molecular weight excluding hydrogens is 490 g/mol. The van der Waals surface area contributed by atoms with Gasteiger partial charge in [0.2, 0.25) is 11.9 Å². The number of amides is 1. The van der Waals surface area contributed by atoms with Crippen LogP contribution in [0.1, 0.15) is 27.2 Å². The molecule has 1 amide bonds. The molecule has 3 aromatic rings. The van der Waals surface area contributed by atoms with Crippen molar-refractivity contribution in [2.45, 2.75) is 32.7 Å². The number of anilines is 4. The summed E-state index contributed by atoms with van der Waals surface area (Å²) in [6.07, 6.45) is 4.20. The largest absolute Gasteiger partial charge is 0.369 e. The molecule has 2 aromatic heterocycles. The fourth-order valence-corrected chi connectivity index (χ4v) is 5.36. The molecule has 0 radical (unpaired) electrons. The highest BCUT2D eigenvalue weighted by atomic mass is 16.2. The molecule has 2 aliphatic rings. The summed E-state index contributed by atoms with van der Waals surface area (Å²) in [5.41, 5.74) is 3.59. The van der Waals surface area contributed by atoms with Gasteiger partial charge in [0.05, 0.1) is 6.33 Å². The van der Waals surface area contributed by atoms with E-state index in [2.05, 4.69) is 83.2 Å². The normalized spacial score (nSPS) is 18.5. The van der Waals surface area contributed by atoms with Crippen LogP contribution in [0.25, 0.3) is 11.2 Å². The highest BCUT2D eigenvalue weighted by Crippen LogP contribution is 2.31. The molecule has 0 spiro atoms. The third-order valence-electron chi connectivity index (χ3n) is 7.76. The number of nitrogens with one attached hydrogen (secondary N) is 1. The highest BCUT2D eigenvalue weighted by Gasteiger charge is 2.28. The van der Waals surface area contributed by atoms with E-state index in [9.17, 15) is 4.79 Å². The summed E-state index contributed by atoms with van der Waals surface area (Å²) in [5, 5.41) is 3.53. The van der Waals surface area contributed by atoms with E-state index in [-0.39, 0.29) is 11.4 Å². The van der Waals surface area contributed by atoms with Gasteiger partial charge in [0.1, 0.15) is 0 Å². The Bertz CT molecular complexity index is 1320. The molecule has 208 valence electrons. The van der Waals surface area contributed by atoms with Crippen molar-refractivity contribution in [3.8, 4) is 0 Å². The first kappa shape index (κ1) is 26.9. The molecule has 0 saturated carbocycles. The lowest BCUT2D eigenvalue weighted by Crippen LogP contribution is -2.44. The summed E-state index contributed by atoms with van der Waals surface area (Å²) >= 11 is 0. The Morgan fingerprint density at radius 2 is 1.82 bits per heavy atom. The number of nitrogens with zero attached hydrogens (tertiary/aromatic N) is 8. The van der Waals surface area contributed by atoms with Crippen molar-refractivity contribution in [3.05, 3.63) is 43.2 Å². The Morgan fingerprint density at radius 1 is 1.10 bits per heavy atom. The molecule has 2 aliphatic heterocycles. The number of hydrogen-bond acceptors (Lipinski definition) is 8. The average molecular weight is 532 g/mol. The number of fused-ring (bicyclic) bond motifs is 1. The zero-order valence-corrected chi connectivity index (χ0v) is 23.9. The second kappa shape index (κ2) is 10.8. The molecule has 1 N–H and O–H groups in total. The van der Waals surface area contributed by atoms with E-state index in [1.165, 1.54) is 11.8 Å². The summed E-state index contributed by atoms with van der Waals surface area (Å²) in [4.78, 5) is 35.4. The fraction of sp³-hybridized carbons (Fsp3) is 0.517. The molecule has 1 aromatic carbocycles. The maximum atomic E-state index is 12.0. The number of carbonyl (C=O) groups is 1.